The number of nitrogens with one attached hydrogen (secondary N) is 1. The smallest absolute Gasteiger partial charge is 0.338 e. The second-order valence-electron chi connectivity index (χ2n) is 3.80. The number of aromatic nitrogens is 3. The number of carboxylic acids is 1. The maximum Gasteiger partial charge on any atom is 0.338 e. The van der Waals surface area contributed by atoms with Gasteiger partial charge in [-0.3, -0.25) is 4.79 Å². The second-order valence-corrected chi connectivity index (χ2v) is 3.80. The Morgan fingerprint density at radius 2 is 2.17 bits per heavy atom. The SMILES string of the molecule is CNC(=O)C(C)n1nnc2c(C(=O)O)cccc21. The van der Waals surface area contributed by atoms with Crippen LogP contribution >= 0.6 is 0 Å². The molecule has 1 amide bonds. The highest BCUT2D eigenvalue weighted by molar-refractivity contribution is 6.00. The van der Waals surface area contributed by atoms with Crippen LogP contribution in [0.3, 0.4) is 0 Å². The van der Waals surface area contributed by atoms with E-state index in [0.717, 1.165) is 0 Å². The van der Waals surface area contributed by atoms with Gasteiger partial charge in [0.05, 0.1) is 11.1 Å². The first-order valence-corrected chi connectivity index (χ1v) is 5.35. The molecule has 0 radical (unpaired) electrons. The van der Waals surface area contributed by atoms with Gasteiger partial charge in [0, 0.05) is 7.05 Å². The molecule has 0 aliphatic carbocycles. The Kier molecular flexibility index (Phi) is 2.97. The summed E-state index contributed by atoms with van der Waals surface area (Å²) in [5.74, 6) is -1.29. The summed E-state index contributed by atoms with van der Waals surface area (Å²) in [5.41, 5.74) is 0.870. The Balaban J connectivity index is 2.59. The average molecular weight is 248 g/mol. The van der Waals surface area contributed by atoms with Gasteiger partial charge in [-0.25, -0.2) is 9.48 Å². The molecule has 2 rings (SSSR count). The molecular weight excluding hydrogens is 236 g/mol. The van der Waals surface area contributed by atoms with Gasteiger partial charge in [-0.1, -0.05) is 11.3 Å². The van der Waals surface area contributed by atoms with Crippen LogP contribution in [0, 0.1) is 0 Å². The Bertz CT molecular complexity index is 620. The maximum atomic E-state index is 11.6. The fourth-order valence-electron chi connectivity index (χ4n) is 1.74. The minimum Gasteiger partial charge on any atom is -0.478 e. The molecular formula is C11H12N4O3. The van der Waals surface area contributed by atoms with Crippen molar-refractivity contribution in [3.8, 4) is 0 Å². The molecule has 0 fully saturated rings. The van der Waals surface area contributed by atoms with Crippen LogP contribution in [0.4, 0.5) is 0 Å². The van der Waals surface area contributed by atoms with Crippen molar-refractivity contribution < 1.29 is 14.7 Å². The molecule has 0 spiro atoms. The fourth-order valence-corrected chi connectivity index (χ4v) is 1.74. The standard InChI is InChI=1S/C11H12N4O3/c1-6(10(16)12-2)15-8-5-3-4-7(11(17)18)9(8)13-14-15/h3-6H,1-2H3,(H,12,16)(H,17,18). The molecule has 1 aromatic carbocycles. The van der Waals surface area contributed by atoms with Crippen molar-refractivity contribution in [2.24, 2.45) is 0 Å². The lowest BCUT2D eigenvalue weighted by molar-refractivity contribution is -0.123. The summed E-state index contributed by atoms with van der Waals surface area (Å²) in [6, 6.07) is 4.18. The van der Waals surface area contributed by atoms with E-state index < -0.39 is 12.0 Å². The molecule has 7 heteroatoms. The predicted molar refractivity (Wildman–Crippen MR) is 63.3 cm³/mol. The lowest BCUT2D eigenvalue weighted by Crippen LogP contribution is -2.28. The van der Waals surface area contributed by atoms with Crippen molar-refractivity contribution in [3.63, 3.8) is 0 Å². The number of aromatic carboxylic acids is 1. The van der Waals surface area contributed by atoms with Gasteiger partial charge in [0.2, 0.25) is 5.91 Å². The molecule has 0 aliphatic rings. The lowest BCUT2D eigenvalue weighted by atomic mass is 10.2. The van der Waals surface area contributed by atoms with E-state index in [9.17, 15) is 9.59 Å². The second kappa shape index (κ2) is 4.44. The van der Waals surface area contributed by atoms with Crippen LogP contribution in [0.1, 0.15) is 23.3 Å². The molecule has 1 aromatic heterocycles. The van der Waals surface area contributed by atoms with Crippen LogP contribution in [0.2, 0.25) is 0 Å². The summed E-state index contributed by atoms with van der Waals surface area (Å²) >= 11 is 0. The molecule has 0 saturated carbocycles. The van der Waals surface area contributed by atoms with Crippen LogP contribution in [-0.2, 0) is 4.79 Å². The Labute approximate surface area is 102 Å². The van der Waals surface area contributed by atoms with Crippen molar-refractivity contribution >= 4 is 22.9 Å². The number of carbonyl (C=O) groups excluding carboxylic acids is 1. The quantitative estimate of drug-likeness (QED) is 0.821. The first kappa shape index (κ1) is 12.0. The number of rotatable bonds is 3. The van der Waals surface area contributed by atoms with Crippen LogP contribution in [0.15, 0.2) is 18.2 Å². The first-order valence-electron chi connectivity index (χ1n) is 5.35. The van der Waals surface area contributed by atoms with E-state index in [1.54, 1.807) is 19.1 Å². The molecule has 94 valence electrons. The van der Waals surface area contributed by atoms with Crippen molar-refractivity contribution in [1.82, 2.24) is 20.3 Å². The average Bonchev–Trinajstić information content (AvgIpc) is 2.80. The van der Waals surface area contributed by atoms with E-state index >= 15 is 0 Å². The van der Waals surface area contributed by atoms with E-state index in [2.05, 4.69) is 15.6 Å². The zero-order valence-corrected chi connectivity index (χ0v) is 9.91. The molecule has 1 atom stereocenters. The molecule has 0 aliphatic heterocycles. The van der Waals surface area contributed by atoms with Gasteiger partial charge in [-0.2, -0.15) is 0 Å². The van der Waals surface area contributed by atoms with Gasteiger partial charge < -0.3 is 10.4 Å². The van der Waals surface area contributed by atoms with E-state index in [1.165, 1.54) is 17.8 Å². The van der Waals surface area contributed by atoms with E-state index in [1.807, 2.05) is 0 Å². The van der Waals surface area contributed by atoms with E-state index in [0.29, 0.717) is 5.52 Å². The summed E-state index contributed by atoms with van der Waals surface area (Å²) in [7, 11) is 1.53. The number of benzene rings is 1. The Morgan fingerprint density at radius 1 is 1.44 bits per heavy atom. The number of hydrogen-bond donors (Lipinski definition) is 2. The van der Waals surface area contributed by atoms with Gasteiger partial charge in [-0.15, -0.1) is 5.10 Å². The highest BCUT2D eigenvalue weighted by Crippen LogP contribution is 2.19. The number of fused-ring (bicyclic) bond motifs is 1. The van der Waals surface area contributed by atoms with Crippen molar-refractivity contribution in [2.75, 3.05) is 7.05 Å². The summed E-state index contributed by atoms with van der Waals surface area (Å²) < 4.78 is 1.40. The number of carboxylic acid groups (broad SMARTS) is 1. The largest absolute Gasteiger partial charge is 0.478 e. The van der Waals surface area contributed by atoms with Gasteiger partial charge in [0.25, 0.3) is 0 Å². The monoisotopic (exact) mass is 248 g/mol. The third-order valence-corrected chi connectivity index (χ3v) is 2.73. The number of carbonyl (C=O) groups is 2. The lowest BCUT2D eigenvalue weighted by Gasteiger charge is -2.10. The topological polar surface area (TPSA) is 97.1 Å². The van der Waals surface area contributed by atoms with Crippen molar-refractivity contribution in [2.45, 2.75) is 13.0 Å². The Hall–Kier alpha value is -2.44. The summed E-state index contributed by atoms with van der Waals surface area (Å²) in [6.45, 7) is 1.67. The molecule has 0 bridgehead atoms. The molecule has 1 heterocycles. The zero-order chi connectivity index (χ0) is 13.3. The minimum absolute atomic E-state index is 0.0721. The summed E-state index contributed by atoms with van der Waals surface area (Å²) in [4.78, 5) is 22.6. The number of likely N-dealkylation sites (N-methyl/N-ethyl adjacent to an activating group) is 1. The number of amides is 1. The third-order valence-electron chi connectivity index (χ3n) is 2.73. The number of nitrogens with zero attached hydrogens (tertiary/aromatic N) is 3. The maximum absolute atomic E-state index is 11.6. The first-order chi connectivity index (χ1) is 8.56. The third kappa shape index (κ3) is 1.79. The number of hydrogen-bond acceptors (Lipinski definition) is 4. The molecule has 2 N–H and O–H groups in total. The summed E-state index contributed by atoms with van der Waals surface area (Å²) in [5, 5.41) is 19.2. The van der Waals surface area contributed by atoms with Gasteiger partial charge >= 0.3 is 5.97 Å². The molecule has 0 saturated heterocycles. The summed E-state index contributed by atoms with van der Waals surface area (Å²) in [6.07, 6.45) is 0. The molecule has 18 heavy (non-hydrogen) atoms. The van der Waals surface area contributed by atoms with Gasteiger partial charge in [-0.05, 0) is 19.1 Å². The van der Waals surface area contributed by atoms with Crippen molar-refractivity contribution in [3.05, 3.63) is 23.8 Å². The van der Waals surface area contributed by atoms with E-state index in [-0.39, 0.29) is 17.0 Å². The highest BCUT2D eigenvalue weighted by atomic mass is 16.4. The molecule has 1 unspecified atom stereocenters. The minimum atomic E-state index is -1.07. The van der Waals surface area contributed by atoms with Gasteiger partial charge in [0.15, 0.2) is 0 Å². The van der Waals surface area contributed by atoms with Gasteiger partial charge in [0.1, 0.15) is 11.6 Å². The van der Waals surface area contributed by atoms with Crippen LogP contribution < -0.4 is 5.32 Å². The van der Waals surface area contributed by atoms with E-state index in [4.69, 9.17) is 5.11 Å². The normalized spacial score (nSPS) is 12.3. The van der Waals surface area contributed by atoms with Crippen molar-refractivity contribution in [1.29, 1.82) is 0 Å². The van der Waals surface area contributed by atoms with Crippen LogP contribution in [0.25, 0.3) is 11.0 Å². The Morgan fingerprint density at radius 3 is 2.78 bits per heavy atom. The predicted octanol–water partition coefficient (Wildman–Crippen LogP) is 0.436. The molecule has 7 nitrogen and oxygen atoms in total. The molecule has 2 aromatic rings. The fraction of sp³-hybridized carbons (Fsp3) is 0.273. The zero-order valence-electron chi connectivity index (χ0n) is 9.91. The highest BCUT2D eigenvalue weighted by Gasteiger charge is 2.20. The van der Waals surface area contributed by atoms with Crippen LogP contribution in [-0.4, -0.2) is 39.0 Å². The van der Waals surface area contributed by atoms with Crippen LogP contribution in [0.5, 0.6) is 0 Å².